The Balaban J connectivity index is 2.89. The fourth-order valence-corrected chi connectivity index (χ4v) is 2.03. The number of carboxylic acid groups (broad SMARTS) is 1. The summed E-state index contributed by atoms with van der Waals surface area (Å²) in [7, 11) is 0. The molecule has 10 nitrogen and oxygen atoms in total. The average molecular weight is 405 g/mol. The molecule has 1 rings (SSSR count). The van der Waals surface area contributed by atoms with E-state index >= 15 is 0 Å². The minimum absolute atomic E-state index is 0.314. The lowest BCUT2D eigenvalue weighted by Gasteiger charge is -2.15. The number of carbonyl (C=O) groups is 3. The van der Waals surface area contributed by atoms with Crippen LogP contribution in [0.1, 0.15) is 22.3 Å². The summed E-state index contributed by atoms with van der Waals surface area (Å²) < 4.78 is 38.9. The molecule has 0 saturated heterocycles. The van der Waals surface area contributed by atoms with Gasteiger partial charge >= 0.3 is 12.1 Å². The Morgan fingerprint density at radius 2 is 1.82 bits per heavy atom. The van der Waals surface area contributed by atoms with Gasteiger partial charge < -0.3 is 32.3 Å². The lowest BCUT2D eigenvalue weighted by molar-refractivity contribution is -0.138. The maximum atomic E-state index is 13.0. The number of aliphatic imine (C=N–C) groups is 1. The van der Waals surface area contributed by atoms with Crippen LogP contribution in [-0.4, -0.2) is 53.1 Å². The summed E-state index contributed by atoms with van der Waals surface area (Å²) in [6.45, 7) is -1.32. The number of guanidine groups is 1. The number of nitrogens with two attached hydrogens (primary N) is 2. The summed E-state index contributed by atoms with van der Waals surface area (Å²) in [6, 6.07) is 1.10. The highest BCUT2D eigenvalue weighted by Crippen LogP contribution is 2.32. The summed E-state index contributed by atoms with van der Waals surface area (Å²) in [5.41, 5.74) is 8.33. The number of benzene rings is 1. The number of halogens is 3. The van der Waals surface area contributed by atoms with Crippen LogP contribution in [0.2, 0.25) is 0 Å². The molecule has 0 aliphatic rings. The van der Waals surface area contributed by atoms with E-state index in [4.69, 9.17) is 21.7 Å². The molecule has 0 fully saturated rings. The molecule has 8 N–H and O–H groups in total. The van der Waals surface area contributed by atoms with Crippen LogP contribution in [0, 0.1) is 0 Å². The molecule has 1 aromatic carbocycles. The normalized spacial score (nSPS) is 12.0. The van der Waals surface area contributed by atoms with Gasteiger partial charge in [0.1, 0.15) is 0 Å². The van der Waals surface area contributed by atoms with Crippen LogP contribution >= 0.6 is 0 Å². The largest absolute Gasteiger partial charge is 0.481 e. The highest BCUT2D eigenvalue weighted by atomic mass is 19.4. The Hall–Kier alpha value is -3.35. The van der Waals surface area contributed by atoms with Crippen molar-refractivity contribution >= 4 is 29.4 Å². The molecule has 0 aliphatic heterocycles. The monoisotopic (exact) mass is 405 g/mol. The number of carboxylic acids is 1. The van der Waals surface area contributed by atoms with Crippen LogP contribution < -0.4 is 22.1 Å². The van der Waals surface area contributed by atoms with E-state index in [9.17, 15) is 27.6 Å². The number of aliphatic hydroxyl groups excluding tert-OH is 1. The lowest BCUT2D eigenvalue weighted by Crippen LogP contribution is -2.44. The van der Waals surface area contributed by atoms with Gasteiger partial charge in [-0.3, -0.25) is 14.4 Å². The molecule has 0 radical (unpaired) electrons. The van der Waals surface area contributed by atoms with Crippen LogP contribution in [0.15, 0.2) is 23.2 Å². The number of hydrogen-bond donors (Lipinski definition) is 6. The quantitative estimate of drug-likeness (QED) is 0.244. The molecule has 1 atom stereocenters. The Labute approximate surface area is 156 Å². The molecule has 1 unspecified atom stereocenters. The van der Waals surface area contributed by atoms with Gasteiger partial charge in [0.25, 0.3) is 5.91 Å². The summed E-state index contributed by atoms with van der Waals surface area (Å²) in [4.78, 5) is 37.8. The van der Waals surface area contributed by atoms with E-state index < -0.39 is 66.7 Å². The number of hydrogen-bond acceptors (Lipinski definition) is 5. The molecule has 0 aliphatic carbocycles. The second kappa shape index (κ2) is 9.55. The fourth-order valence-electron chi connectivity index (χ4n) is 2.03. The number of amides is 2. The van der Waals surface area contributed by atoms with Gasteiger partial charge in [-0.15, -0.1) is 0 Å². The number of aliphatic carboxylic acids is 1. The second-order valence-electron chi connectivity index (χ2n) is 5.53. The maximum Gasteiger partial charge on any atom is 0.416 e. The Morgan fingerprint density at radius 3 is 2.32 bits per heavy atom. The van der Waals surface area contributed by atoms with E-state index in [-0.39, 0.29) is 5.69 Å². The van der Waals surface area contributed by atoms with Crippen LogP contribution in [0.4, 0.5) is 18.9 Å². The summed E-state index contributed by atoms with van der Waals surface area (Å²) in [5, 5.41) is 21.8. The standard InChI is InChI=1S/C15H18F3N5O5/c16-15(17,18)8-1-7(2-9(3-8)23-14(19)20)13(28)21-5-11(25)22-10(6-24)4-12(26)27/h1-3,10,24H,4-6H2,(H,21,28)(H,22,25)(H,26,27)(H4,19,20,23). The number of aliphatic hydroxyl groups is 1. The highest BCUT2D eigenvalue weighted by molar-refractivity contribution is 5.97. The first-order chi connectivity index (χ1) is 12.9. The van der Waals surface area contributed by atoms with Crippen molar-refractivity contribution in [3.63, 3.8) is 0 Å². The van der Waals surface area contributed by atoms with Crippen LogP contribution in [0.5, 0.6) is 0 Å². The first kappa shape index (κ1) is 22.7. The fraction of sp³-hybridized carbons (Fsp3) is 0.333. The van der Waals surface area contributed by atoms with Crippen LogP contribution in [-0.2, 0) is 15.8 Å². The van der Waals surface area contributed by atoms with Gasteiger partial charge in [-0.05, 0) is 18.2 Å². The van der Waals surface area contributed by atoms with Crippen molar-refractivity contribution in [1.82, 2.24) is 10.6 Å². The maximum absolute atomic E-state index is 13.0. The van der Waals surface area contributed by atoms with E-state index in [1.54, 1.807) is 0 Å². The second-order valence-corrected chi connectivity index (χ2v) is 5.53. The van der Waals surface area contributed by atoms with E-state index in [0.717, 1.165) is 6.07 Å². The predicted molar refractivity (Wildman–Crippen MR) is 90.5 cm³/mol. The molecular formula is C15H18F3N5O5. The first-order valence-electron chi connectivity index (χ1n) is 7.64. The van der Waals surface area contributed by atoms with Crippen molar-refractivity contribution in [3.05, 3.63) is 29.3 Å². The van der Waals surface area contributed by atoms with Gasteiger partial charge in [-0.25, -0.2) is 4.99 Å². The third kappa shape index (κ3) is 7.49. The van der Waals surface area contributed by atoms with E-state index in [1.807, 2.05) is 0 Å². The van der Waals surface area contributed by atoms with Gasteiger partial charge in [0.2, 0.25) is 5.91 Å². The van der Waals surface area contributed by atoms with Crippen LogP contribution in [0.3, 0.4) is 0 Å². The third-order valence-electron chi connectivity index (χ3n) is 3.18. The van der Waals surface area contributed by atoms with Crippen molar-refractivity contribution in [3.8, 4) is 0 Å². The number of nitrogens with zero attached hydrogens (tertiary/aromatic N) is 1. The van der Waals surface area contributed by atoms with Crippen molar-refractivity contribution in [2.75, 3.05) is 13.2 Å². The molecule has 0 spiro atoms. The van der Waals surface area contributed by atoms with Crippen molar-refractivity contribution < 1.29 is 37.8 Å². The highest BCUT2D eigenvalue weighted by Gasteiger charge is 2.32. The van der Waals surface area contributed by atoms with E-state index in [1.165, 1.54) is 0 Å². The van der Waals surface area contributed by atoms with E-state index in [0.29, 0.717) is 12.1 Å². The average Bonchev–Trinajstić information content (AvgIpc) is 2.56. The summed E-state index contributed by atoms with van der Waals surface area (Å²) >= 11 is 0. The number of carbonyl (C=O) groups excluding carboxylic acids is 2. The van der Waals surface area contributed by atoms with Crippen molar-refractivity contribution in [1.29, 1.82) is 0 Å². The Morgan fingerprint density at radius 1 is 1.18 bits per heavy atom. The molecule has 28 heavy (non-hydrogen) atoms. The number of rotatable bonds is 8. The minimum atomic E-state index is -4.77. The SMILES string of the molecule is NC(N)=Nc1cc(C(=O)NCC(=O)NC(CO)CC(=O)O)cc(C(F)(F)F)c1. The summed E-state index contributed by atoms with van der Waals surface area (Å²) in [5.74, 6) is -3.64. The molecule has 0 saturated carbocycles. The molecule has 1 aromatic rings. The molecule has 154 valence electrons. The number of nitrogens with one attached hydrogen (secondary N) is 2. The van der Waals surface area contributed by atoms with Crippen molar-refractivity contribution in [2.24, 2.45) is 16.5 Å². The number of alkyl halides is 3. The summed E-state index contributed by atoms with van der Waals surface area (Å²) in [6.07, 6.45) is -5.32. The van der Waals surface area contributed by atoms with Crippen LogP contribution in [0.25, 0.3) is 0 Å². The topological polar surface area (TPSA) is 180 Å². The molecule has 0 aromatic heterocycles. The van der Waals surface area contributed by atoms with Crippen molar-refractivity contribution in [2.45, 2.75) is 18.6 Å². The Bertz CT molecular complexity index is 778. The predicted octanol–water partition coefficient (Wildman–Crippen LogP) is -0.708. The Kier molecular flexibility index (Phi) is 7.74. The van der Waals surface area contributed by atoms with Gasteiger partial charge in [0.15, 0.2) is 5.96 Å². The molecule has 13 heteroatoms. The molecule has 0 bridgehead atoms. The van der Waals surface area contributed by atoms with Gasteiger partial charge in [0, 0.05) is 5.56 Å². The third-order valence-corrected chi connectivity index (χ3v) is 3.18. The zero-order valence-corrected chi connectivity index (χ0v) is 14.3. The molecular weight excluding hydrogens is 387 g/mol. The minimum Gasteiger partial charge on any atom is -0.481 e. The first-order valence-corrected chi connectivity index (χ1v) is 7.64. The van der Waals surface area contributed by atoms with Gasteiger partial charge in [0.05, 0.1) is 36.9 Å². The van der Waals surface area contributed by atoms with E-state index in [2.05, 4.69) is 15.6 Å². The molecule has 0 heterocycles. The van der Waals surface area contributed by atoms with Gasteiger partial charge in [-0.1, -0.05) is 0 Å². The smallest absolute Gasteiger partial charge is 0.416 e. The zero-order chi connectivity index (χ0) is 21.5. The lowest BCUT2D eigenvalue weighted by atomic mass is 10.1. The van der Waals surface area contributed by atoms with Gasteiger partial charge in [-0.2, -0.15) is 13.2 Å². The zero-order valence-electron chi connectivity index (χ0n) is 14.3. The molecule has 2 amide bonds.